The van der Waals surface area contributed by atoms with Crippen LogP contribution in [0.3, 0.4) is 0 Å². The summed E-state index contributed by atoms with van der Waals surface area (Å²) < 4.78 is 68.5. The number of esters is 4. The molecule has 0 saturated heterocycles. The van der Waals surface area contributed by atoms with Crippen molar-refractivity contribution in [3.05, 3.63) is 0 Å². The summed E-state index contributed by atoms with van der Waals surface area (Å²) in [6.45, 7) is 7.28. The van der Waals surface area contributed by atoms with Gasteiger partial charge in [-0.3, -0.25) is 37.3 Å². The van der Waals surface area contributed by atoms with Gasteiger partial charge in [-0.15, -0.1) is 0 Å². The quantitative estimate of drug-likeness (QED) is 0.0222. The fourth-order valence-corrected chi connectivity index (χ4v) is 13.5. The third-order valence-electron chi connectivity index (χ3n) is 18.0. The number of aliphatic hydroxyl groups excluding tert-OH is 1. The van der Waals surface area contributed by atoms with Crippen LogP contribution in [0.2, 0.25) is 0 Å². The first-order valence-electron chi connectivity index (χ1n) is 40.1. The monoisotopic (exact) mass is 1410 g/mol. The van der Waals surface area contributed by atoms with Crippen LogP contribution < -0.4 is 0 Å². The van der Waals surface area contributed by atoms with E-state index in [0.29, 0.717) is 25.7 Å². The maximum absolute atomic E-state index is 13.1. The van der Waals surface area contributed by atoms with Crippen molar-refractivity contribution in [2.45, 2.75) is 425 Å². The van der Waals surface area contributed by atoms with Gasteiger partial charge in [-0.05, 0) is 31.6 Å². The molecule has 0 rings (SSSR count). The van der Waals surface area contributed by atoms with E-state index in [-0.39, 0.29) is 25.7 Å². The lowest BCUT2D eigenvalue weighted by Gasteiger charge is -2.21. The summed E-state index contributed by atoms with van der Waals surface area (Å²) >= 11 is 0. The van der Waals surface area contributed by atoms with Crippen molar-refractivity contribution in [2.75, 3.05) is 39.6 Å². The predicted molar refractivity (Wildman–Crippen MR) is 391 cm³/mol. The first-order valence-corrected chi connectivity index (χ1v) is 43.1. The third kappa shape index (κ3) is 70.5. The molecule has 5 atom stereocenters. The molecule has 0 aliphatic carbocycles. The zero-order valence-electron chi connectivity index (χ0n) is 62.5. The van der Waals surface area contributed by atoms with Crippen LogP contribution in [0.5, 0.6) is 0 Å². The topological polar surface area (TPSA) is 237 Å². The summed E-state index contributed by atoms with van der Waals surface area (Å²) in [5.41, 5.74) is 0. The van der Waals surface area contributed by atoms with Crippen LogP contribution in [0.1, 0.15) is 407 Å². The van der Waals surface area contributed by atoms with Crippen molar-refractivity contribution < 1.29 is 80.2 Å². The molecule has 0 fully saturated rings. The molecule has 0 saturated carbocycles. The van der Waals surface area contributed by atoms with E-state index in [1.54, 1.807) is 0 Å². The van der Waals surface area contributed by atoms with Crippen molar-refractivity contribution in [3.63, 3.8) is 0 Å². The molecule has 0 aliphatic rings. The van der Waals surface area contributed by atoms with E-state index in [1.807, 2.05) is 0 Å². The molecular formula is C77H150O17P2. The largest absolute Gasteiger partial charge is 0.472 e. The number of phosphoric ester groups is 2. The van der Waals surface area contributed by atoms with E-state index in [1.165, 1.54) is 231 Å². The number of carbonyl (C=O) groups is 4. The van der Waals surface area contributed by atoms with Crippen molar-refractivity contribution in [1.29, 1.82) is 0 Å². The summed E-state index contributed by atoms with van der Waals surface area (Å²) in [7, 11) is -9.91. The molecular weight excluding hydrogens is 1260 g/mol. The van der Waals surface area contributed by atoms with Gasteiger partial charge in [0, 0.05) is 25.7 Å². The normalized spacial score (nSPS) is 13.9. The first-order chi connectivity index (χ1) is 46.5. The van der Waals surface area contributed by atoms with Crippen LogP contribution in [0.4, 0.5) is 0 Å². The van der Waals surface area contributed by atoms with Crippen LogP contribution in [0.15, 0.2) is 0 Å². The van der Waals surface area contributed by atoms with Crippen molar-refractivity contribution in [1.82, 2.24) is 0 Å². The Morgan fingerprint density at radius 1 is 0.281 bits per heavy atom. The minimum atomic E-state index is -4.96. The Bertz CT molecular complexity index is 1840. The summed E-state index contributed by atoms with van der Waals surface area (Å²) in [6, 6.07) is 0. The lowest BCUT2D eigenvalue weighted by atomic mass is 10.0. The molecule has 0 aromatic carbocycles. The smallest absolute Gasteiger partial charge is 0.462 e. The molecule has 17 nitrogen and oxygen atoms in total. The first kappa shape index (κ1) is 94.1. The van der Waals surface area contributed by atoms with Crippen LogP contribution in [-0.4, -0.2) is 96.7 Å². The number of rotatable bonds is 77. The Labute approximate surface area is 588 Å². The van der Waals surface area contributed by atoms with E-state index < -0.39 is 97.5 Å². The highest BCUT2D eigenvalue weighted by atomic mass is 31.2. The number of hydrogen-bond acceptors (Lipinski definition) is 15. The summed E-state index contributed by atoms with van der Waals surface area (Å²) in [5, 5.41) is 10.6. The van der Waals surface area contributed by atoms with E-state index in [4.69, 9.17) is 37.0 Å². The molecule has 0 radical (unpaired) electrons. The van der Waals surface area contributed by atoms with E-state index in [9.17, 15) is 43.2 Å². The van der Waals surface area contributed by atoms with Crippen LogP contribution in [-0.2, 0) is 65.4 Å². The average Bonchev–Trinajstić information content (AvgIpc) is 1.70. The van der Waals surface area contributed by atoms with Crippen LogP contribution in [0.25, 0.3) is 0 Å². The van der Waals surface area contributed by atoms with Crippen molar-refractivity contribution in [2.24, 2.45) is 5.92 Å². The zero-order chi connectivity index (χ0) is 70.5. The fraction of sp³-hybridized carbons (Fsp3) is 0.948. The van der Waals surface area contributed by atoms with Gasteiger partial charge in [0.15, 0.2) is 12.2 Å². The number of ether oxygens (including phenoxy) is 4. The van der Waals surface area contributed by atoms with Gasteiger partial charge >= 0.3 is 39.5 Å². The van der Waals surface area contributed by atoms with E-state index >= 15 is 0 Å². The Morgan fingerprint density at radius 3 is 0.708 bits per heavy atom. The molecule has 0 aromatic heterocycles. The molecule has 0 amide bonds. The highest BCUT2D eigenvalue weighted by molar-refractivity contribution is 7.47. The highest BCUT2D eigenvalue weighted by Gasteiger charge is 2.30. The lowest BCUT2D eigenvalue weighted by Crippen LogP contribution is -2.30. The van der Waals surface area contributed by atoms with Gasteiger partial charge < -0.3 is 33.8 Å². The SMILES string of the molecule is CCCCCCCCCCCCCCCCCCCCCCCCC(=O)O[C@H](COC(=O)CCCCCCCCCCCCCC(C)C)COP(=O)(O)OC[C@@H](O)COP(=O)(O)OC[C@@H](COC(=O)CCCCCCCCCCC)OC(=O)CCCCCCCCCCCCC. The highest BCUT2D eigenvalue weighted by Crippen LogP contribution is 2.45. The maximum Gasteiger partial charge on any atom is 0.472 e. The fourth-order valence-electron chi connectivity index (χ4n) is 11.9. The molecule has 0 aromatic rings. The molecule has 96 heavy (non-hydrogen) atoms. The summed E-state index contributed by atoms with van der Waals surface area (Å²) in [6.07, 6.45) is 59.8. The Balaban J connectivity index is 5.17. The van der Waals surface area contributed by atoms with Gasteiger partial charge in [0.25, 0.3) is 0 Å². The Kier molecular flexibility index (Phi) is 68.7. The van der Waals surface area contributed by atoms with Crippen LogP contribution in [0, 0.1) is 5.92 Å². The standard InChI is InChI=1S/C77H150O17P2/c1-6-9-12-15-18-21-23-24-25-26-27-28-29-30-31-32-33-37-43-48-53-58-63-77(82)94-73(67-88-75(80)61-56-51-46-41-38-34-36-40-44-49-54-59-70(4)5)69-92-96(85,86)90-65-71(78)64-89-95(83,84)91-68-72(66-87-74(79)60-55-50-45-39-20-17-14-11-8-3)93-76(81)62-57-52-47-42-35-22-19-16-13-10-7-2/h70-73,78H,6-69H2,1-5H3,(H,83,84)(H,85,86)/t71-,72+,73+/m0/s1. The Morgan fingerprint density at radius 2 is 0.479 bits per heavy atom. The molecule has 3 N–H and O–H groups in total. The Hall–Kier alpha value is -1.94. The number of hydrogen-bond donors (Lipinski definition) is 3. The van der Waals surface area contributed by atoms with Gasteiger partial charge in [-0.2, -0.15) is 0 Å². The van der Waals surface area contributed by atoms with E-state index in [2.05, 4.69) is 34.6 Å². The lowest BCUT2D eigenvalue weighted by molar-refractivity contribution is -0.161. The number of phosphoric acid groups is 2. The zero-order valence-corrected chi connectivity index (χ0v) is 64.3. The second kappa shape index (κ2) is 70.1. The molecule has 19 heteroatoms. The van der Waals surface area contributed by atoms with Gasteiger partial charge in [0.2, 0.25) is 0 Å². The minimum absolute atomic E-state index is 0.107. The number of unbranched alkanes of at least 4 members (excludes halogenated alkanes) is 49. The molecule has 0 aliphatic heterocycles. The number of carbonyl (C=O) groups excluding carboxylic acids is 4. The van der Waals surface area contributed by atoms with Crippen molar-refractivity contribution >= 4 is 39.5 Å². The van der Waals surface area contributed by atoms with Gasteiger partial charge in [-0.25, -0.2) is 9.13 Å². The molecule has 2 unspecified atom stereocenters. The van der Waals surface area contributed by atoms with E-state index in [0.717, 1.165) is 95.8 Å². The summed E-state index contributed by atoms with van der Waals surface area (Å²) in [4.78, 5) is 72.7. The van der Waals surface area contributed by atoms with Gasteiger partial charge in [0.05, 0.1) is 26.4 Å². The average molecular weight is 1410 g/mol. The van der Waals surface area contributed by atoms with Crippen molar-refractivity contribution in [3.8, 4) is 0 Å². The third-order valence-corrected chi connectivity index (χ3v) is 19.9. The predicted octanol–water partition coefficient (Wildman–Crippen LogP) is 22.9. The van der Waals surface area contributed by atoms with Gasteiger partial charge in [-0.1, -0.05) is 356 Å². The summed E-state index contributed by atoms with van der Waals surface area (Å²) in [5.74, 6) is -1.34. The maximum atomic E-state index is 13.1. The molecule has 0 heterocycles. The molecule has 0 bridgehead atoms. The molecule has 0 spiro atoms. The number of aliphatic hydroxyl groups is 1. The second-order valence-corrected chi connectivity index (χ2v) is 31.1. The minimum Gasteiger partial charge on any atom is -0.462 e. The van der Waals surface area contributed by atoms with Gasteiger partial charge in [0.1, 0.15) is 19.3 Å². The van der Waals surface area contributed by atoms with Crippen LogP contribution >= 0.6 is 15.6 Å². The molecule has 570 valence electrons. The second-order valence-electron chi connectivity index (χ2n) is 28.2.